The number of rotatable bonds is 3. The molecule has 0 spiro atoms. The molecule has 5 heteroatoms. The average Bonchev–Trinajstić information content (AvgIpc) is 2.28. The van der Waals surface area contributed by atoms with Crippen LogP contribution in [0.4, 0.5) is 5.69 Å². The van der Waals surface area contributed by atoms with Crippen LogP contribution in [0.15, 0.2) is 24.3 Å². The Bertz CT molecular complexity index is 488. The van der Waals surface area contributed by atoms with Crippen molar-refractivity contribution in [1.82, 2.24) is 0 Å². The lowest BCUT2D eigenvalue weighted by Crippen LogP contribution is -1.91. The number of carbonyl (C=O) groups excluding carboxylic acids is 1. The van der Waals surface area contributed by atoms with E-state index in [0.29, 0.717) is 17.7 Å². The molecule has 0 fully saturated rings. The van der Waals surface area contributed by atoms with E-state index in [2.05, 4.69) is 11.8 Å². The van der Waals surface area contributed by atoms with E-state index >= 15 is 0 Å². The van der Waals surface area contributed by atoms with E-state index in [1.165, 1.54) is 24.8 Å². The second-order valence-corrected chi connectivity index (χ2v) is 4.44. The van der Waals surface area contributed by atoms with Crippen LogP contribution in [-0.2, 0) is 4.79 Å². The van der Waals surface area contributed by atoms with Crippen LogP contribution >= 0.6 is 11.8 Å². The maximum atomic E-state index is 10.7. The molecule has 0 atom stereocenters. The molecule has 0 aliphatic heterocycles. The van der Waals surface area contributed by atoms with Gasteiger partial charge >= 0.3 is 0 Å². The van der Waals surface area contributed by atoms with Gasteiger partial charge in [0.05, 0.1) is 4.92 Å². The van der Waals surface area contributed by atoms with Gasteiger partial charge in [-0.05, 0) is 6.07 Å². The summed E-state index contributed by atoms with van der Waals surface area (Å²) in [4.78, 5) is 20.9. The second-order valence-electron chi connectivity index (χ2n) is 3.17. The third-order valence-corrected chi connectivity index (χ3v) is 2.67. The van der Waals surface area contributed by atoms with Gasteiger partial charge in [0.1, 0.15) is 5.56 Å². The molecule has 4 nitrogen and oxygen atoms in total. The van der Waals surface area contributed by atoms with Gasteiger partial charge in [0.25, 0.3) is 5.69 Å². The van der Waals surface area contributed by atoms with E-state index in [-0.39, 0.29) is 10.8 Å². The van der Waals surface area contributed by atoms with Crippen LogP contribution in [0, 0.1) is 22.0 Å². The van der Waals surface area contributed by atoms with Crippen molar-refractivity contribution in [2.24, 2.45) is 0 Å². The lowest BCUT2D eigenvalue weighted by atomic mass is 10.2. The first-order valence-corrected chi connectivity index (χ1v) is 5.95. The standard InChI is InChI=1S/C12H11NO3S/c1-10(14)17-9-5-4-7-11-6-2-3-8-12(11)13(15)16/h2-3,6,8H,5,9H2,1H3. The summed E-state index contributed by atoms with van der Waals surface area (Å²) in [5.41, 5.74) is 0.421. The summed E-state index contributed by atoms with van der Waals surface area (Å²) in [5, 5.41) is 10.7. The number of nitro benzene ring substituents is 1. The maximum absolute atomic E-state index is 10.7. The van der Waals surface area contributed by atoms with Gasteiger partial charge in [-0.15, -0.1) is 0 Å². The van der Waals surface area contributed by atoms with Crippen molar-refractivity contribution in [1.29, 1.82) is 0 Å². The van der Waals surface area contributed by atoms with E-state index in [1.807, 2.05) is 0 Å². The predicted molar refractivity (Wildman–Crippen MR) is 67.7 cm³/mol. The van der Waals surface area contributed by atoms with Gasteiger partial charge in [0, 0.05) is 25.2 Å². The molecule has 0 amide bonds. The van der Waals surface area contributed by atoms with E-state index in [1.54, 1.807) is 18.2 Å². The van der Waals surface area contributed by atoms with Gasteiger partial charge in [0.15, 0.2) is 5.12 Å². The van der Waals surface area contributed by atoms with Crippen LogP contribution < -0.4 is 0 Å². The van der Waals surface area contributed by atoms with Crippen LogP contribution in [0.25, 0.3) is 0 Å². The van der Waals surface area contributed by atoms with Crippen LogP contribution in [0.3, 0.4) is 0 Å². The lowest BCUT2D eigenvalue weighted by Gasteiger charge is -1.93. The molecular formula is C12H11NO3S. The molecule has 1 aromatic rings. The Labute approximate surface area is 104 Å². The molecule has 0 aliphatic rings. The Balaban J connectivity index is 2.65. The van der Waals surface area contributed by atoms with Crippen LogP contribution in [0.2, 0.25) is 0 Å². The molecule has 0 N–H and O–H groups in total. The van der Waals surface area contributed by atoms with Crippen molar-refractivity contribution in [2.75, 3.05) is 5.75 Å². The molecule has 0 aliphatic carbocycles. The molecule has 0 saturated carbocycles. The third kappa shape index (κ3) is 4.70. The smallest absolute Gasteiger partial charge is 0.284 e. The molecule has 1 rings (SSSR count). The minimum Gasteiger partial charge on any atom is -0.288 e. The van der Waals surface area contributed by atoms with Gasteiger partial charge in [-0.3, -0.25) is 14.9 Å². The zero-order valence-corrected chi connectivity index (χ0v) is 10.1. The second kappa shape index (κ2) is 6.71. The summed E-state index contributed by atoms with van der Waals surface area (Å²) >= 11 is 1.20. The number of hydrogen-bond acceptors (Lipinski definition) is 4. The quantitative estimate of drug-likeness (QED) is 0.357. The van der Waals surface area contributed by atoms with Crippen molar-refractivity contribution >= 4 is 22.6 Å². The number of thioether (sulfide) groups is 1. The maximum Gasteiger partial charge on any atom is 0.284 e. The van der Waals surface area contributed by atoms with E-state index in [4.69, 9.17) is 0 Å². The predicted octanol–water partition coefficient (Wildman–Crippen LogP) is 2.62. The summed E-state index contributed by atoms with van der Waals surface area (Å²) in [6.07, 6.45) is 0.538. The van der Waals surface area contributed by atoms with Crippen molar-refractivity contribution < 1.29 is 9.72 Å². The van der Waals surface area contributed by atoms with Crippen molar-refractivity contribution in [3.8, 4) is 11.8 Å². The van der Waals surface area contributed by atoms with Gasteiger partial charge in [-0.25, -0.2) is 0 Å². The summed E-state index contributed by atoms with van der Waals surface area (Å²) in [5.74, 6) is 6.19. The first-order chi connectivity index (χ1) is 8.11. The highest BCUT2D eigenvalue weighted by atomic mass is 32.2. The number of benzene rings is 1. The Morgan fingerprint density at radius 1 is 1.47 bits per heavy atom. The normalized spacial score (nSPS) is 9.24. The Hall–Kier alpha value is -1.80. The molecule has 0 aromatic heterocycles. The molecule has 0 unspecified atom stereocenters. The van der Waals surface area contributed by atoms with Gasteiger partial charge in [-0.1, -0.05) is 35.7 Å². The summed E-state index contributed by atoms with van der Waals surface area (Å²) in [7, 11) is 0. The van der Waals surface area contributed by atoms with Crippen molar-refractivity contribution in [3.05, 3.63) is 39.9 Å². The fourth-order valence-electron chi connectivity index (χ4n) is 1.14. The molecule has 88 valence electrons. The molecule has 0 heterocycles. The zero-order valence-electron chi connectivity index (χ0n) is 9.30. The van der Waals surface area contributed by atoms with Gasteiger partial charge in [0.2, 0.25) is 0 Å². The largest absolute Gasteiger partial charge is 0.288 e. The molecule has 0 radical (unpaired) electrons. The number of carbonyl (C=O) groups is 1. The van der Waals surface area contributed by atoms with E-state index in [9.17, 15) is 14.9 Å². The summed E-state index contributed by atoms with van der Waals surface area (Å²) < 4.78 is 0. The number of hydrogen-bond donors (Lipinski definition) is 0. The topological polar surface area (TPSA) is 60.2 Å². The fourth-order valence-corrected chi connectivity index (χ4v) is 1.63. The molecule has 1 aromatic carbocycles. The number of nitrogens with zero attached hydrogens (tertiary/aromatic N) is 1. The molecule has 17 heavy (non-hydrogen) atoms. The minimum absolute atomic E-state index is 0.0132. The Morgan fingerprint density at radius 3 is 2.82 bits per heavy atom. The molecule has 0 bridgehead atoms. The minimum atomic E-state index is -0.450. The summed E-state index contributed by atoms with van der Waals surface area (Å²) in [6.45, 7) is 1.50. The summed E-state index contributed by atoms with van der Waals surface area (Å²) in [6, 6.07) is 6.35. The highest BCUT2D eigenvalue weighted by Gasteiger charge is 2.09. The SMILES string of the molecule is CC(=O)SCCC#Cc1ccccc1[N+](=O)[O-]. The first-order valence-electron chi connectivity index (χ1n) is 4.97. The van der Waals surface area contributed by atoms with Gasteiger partial charge in [-0.2, -0.15) is 0 Å². The lowest BCUT2D eigenvalue weighted by molar-refractivity contribution is -0.385. The van der Waals surface area contributed by atoms with Crippen LogP contribution in [0.5, 0.6) is 0 Å². The Morgan fingerprint density at radius 2 is 2.18 bits per heavy atom. The van der Waals surface area contributed by atoms with Crippen molar-refractivity contribution in [2.45, 2.75) is 13.3 Å². The number of para-hydroxylation sites is 1. The monoisotopic (exact) mass is 249 g/mol. The van der Waals surface area contributed by atoms with Crippen LogP contribution in [-0.4, -0.2) is 15.8 Å². The highest BCUT2D eigenvalue weighted by molar-refractivity contribution is 8.13. The molecular weight excluding hydrogens is 238 g/mol. The van der Waals surface area contributed by atoms with E-state index < -0.39 is 4.92 Å². The molecule has 0 saturated heterocycles. The first kappa shape index (κ1) is 13.3. The van der Waals surface area contributed by atoms with E-state index in [0.717, 1.165) is 0 Å². The fraction of sp³-hybridized carbons (Fsp3) is 0.250. The highest BCUT2D eigenvalue weighted by Crippen LogP contribution is 2.16. The third-order valence-electron chi connectivity index (χ3n) is 1.86. The van der Waals surface area contributed by atoms with Crippen LogP contribution in [0.1, 0.15) is 18.9 Å². The van der Waals surface area contributed by atoms with Gasteiger partial charge < -0.3 is 0 Å². The zero-order chi connectivity index (χ0) is 12.7. The average molecular weight is 249 g/mol. The van der Waals surface area contributed by atoms with Crippen molar-refractivity contribution in [3.63, 3.8) is 0 Å². The number of nitro groups is 1. The Kier molecular flexibility index (Phi) is 5.24.